The van der Waals surface area contributed by atoms with E-state index in [0.717, 1.165) is 5.56 Å². The quantitative estimate of drug-likeness (QED) is 0.765. The standard InChI is InChI=1S/C17H14ClN3O3/c1-9-7-13(14(24-2)8-11(9)18)19-16(22)15-10-5-3-4-6-12(10)20-17(23)21-15/h3-8H,1-2H3,(H,19,22)(H,20,21,23). The molecule has 0 radical (unpaired) electrons. The molecule has 6 nitrogen and oxygen atoms in total. The maximum atomic E-state index is 12.6. The Morgan fingerprint density at radius 3 is 2.79 bits per heavy atom. The number of ether oxygens (including phenoxy) is 1. The van der Waals surface area contributed by atoms with E-state index in [1.165, 1.54) is 7.11 Å². The summed E-state index contributed by atoms with van der Waals surface area (Å²) in [6.07, 6.45) is 0. The number of rotatable bonds is 3. The highest BCUT2D eigenvalue weighted by atomic mass is 35.5. The van der Waals surface area contributed by atoms with Gasteiger partial charge >= 0.3 is 5.69 Å². The first kappa shape index (κ1) is 16.0. The maximum absolute atomic E-state index is 12.6. The van der Waals surface area contributed by atoms with E-state index in [1.807, 2.05) is 6.92 Å². The Bertz CT molecular complexity index is 998. The summed E-state index contributed by atoms with van der Waals surface area (Å²) in [5, 5.41) is 3.81. The van der Waals surface area contributed by atoms with Crippen LogP contribution in [-0.2, 0) is 0 Å². The average Bonchev–Trinajstić information content (AvgIpc) is 2.57. The molecule has 0 unspecified atom stereocenters. The van der Waals surface area contributed by atoms with Gasteiger partial charge in [-0.05, 0) is 24.6 Å². The SMILES string of the molecule is COc1cc(Cl)c(C)cc1NC(=O)c1nc(=O)[nH]c2ccccc12. The number of fused-ring (bicyclic) bond motifs is 1. The molecule has 0 saturated heterocycles. The molecule has 0 atom stereocenters. The number of halogens is 1. The van der Waals surface area contributed by atoms with E-state index in [-0.39, 0.29) is 5.69 Å². The second-order valence-corrected chi connectivity index (χ2v) is 5.60. The van der Waals surface area contributed by atoms with Gasteiger partial charge in [0.05, 0.1) is 18.3 Å². The summed E-state index contributed by atoms with van der Waals surface area (Å²) >= 11 is 6.07. The lowest BCUT2D eigenvalue weighted by Gasteiger charge is -2.12. The smallest absolute Gasteiger partial charge is 0.346 e. The highest BCUT2D eigenvalue weighted by Crippen LogP contribution is 2.31. The third-order valence-electron chi connectivity index (χ3n) is 3.58. The maximum Gasteiger partial charge on any atom is 0.346 e. The van der Waals surface area contributed by atoms with Crippen LogP contribution in [0.1, 0.15) is 16.1 Å². The molecule has 7 heteroatoms. The van der Waals surface area contributed by atoms with Crippen molar-refractivity contribution < 1.29 is 9.53 Å². The molecule has 24 heavy (non-hydrogen) atoms. The Morgan fingerprint density at radius 1 is 1.29 bits per heavy atom. The van der Waals surface area contributed by atoms with Crippen molar-refractivity contribution in [2.24, 2.45) is 0 Å². The van der Waals surface area contributed by atoms with Crippen LogP contribution in [0, 0.1) is 6.92 Å². The second-order valence-electron chi connectivity index (χ2n) is 5.19. The number of amides is 1. The summed E-state index contributed by atoms with van der Waals surface area (Å²) in [7, 11) is 1.48. The fourth-order valence-corrected chi connectivity index (χ4v) is 2.54. The summed E-state index contributed by atoms with van der Waals surface area (Å²) < 4.78 is 5.24. The van der Waals surface area contributed by atoms with Crippen molar-refractivity contribution in [2.75, 3.05) is 12.4 Å². The van der Waals surface area contributed by atoms with Gasteiger partial charge in [0.25, 0.3) is 5.91 Å². The first-order valence-electron chi connectivity index (χ1n) is 7.14. The number of anilines is 1. The highest BCUT2D eigenvalue weighted by molar-refractivity contribution is 6.31. The molecule has 1 aromatic heterocycles. The molecule has 0 aliphatic heterocycles. The van der Waals surface area contributed by atoms with E-state index >= 15 is 0 Å². The number of carbonyl (C=O) groups is 1. The van der Waals surface area contributed by atoms with Crippen molar-refractivity contribution in [1.82, 2.24) is 9.97 Å². The monoisotopic (exact) mass is 343 g/mol. The second kappa shape index (κ2) is 6.33. The van der Waals surface area contributed by atoms with Gasteiger partial charge < -0.3 is 15.0 Å². The molecule has 0 aliphatic rings. The van der Waals surface area contributed by atoms with Crippen molar-refractivity contribution in [1.29, 1.82) is 0 Å². The lowest BCUT2D eigenvalue weighted by molar-refractivity contribution is 0.102. The Hall–Kier alpha value is -2.86. The number of H-pyrrole nitrogens is 1. The number of hydrogen-bond donors (Lipinski definition) is 2. The zero-order chi connectivity index (χ0) is 17.3. The van der Waals surface area contributed by atoms with Crippen LogP contribution in [0.25, 0.3) is 10.9 Å². The van der Waals surface area contributed by atoms with Crippen molar-refractivity contribution in [2.45, 2.75) is 6.92 Å². The summed E-state index contributed by atoms with van der Waals surface area (Å²) in [5.41, 5.74) is 1.25. The van der Waals surface area contributed by atoms with Crippen LogP contribution in [0.5, 0.6) is 5.75 Å². The van der Waals surface area contributed by atoms with Crippen LogP contribution >= 0.6 is 11.6 Å². The number of benzene rings is 2. The zero-order valence-corrected chi connectivity index (χ0v) is 13.8. The van der Waals surface area contributed by atoms with Gasteiger partial charge in [-0.15, -0.1) is 0 Å². The van der Waals surface area contributed by atoms with Crippen LogP contribution in [0.2, 0.25) is 5.02 Å². The summed E-state index contributed by atoms with van der Waals surface area (Å²) in [5.74, 6) is -0.0783. The lowest BCUT2D eigenvalue weighted by Crippen LogP contribution is -2.21. The van der Waals surface area contributed by atoms with Crippen LogP contribution in [0.4, 0.5) is 5.69 Å². The van der Waals surface area contributed by atoms with E-state index in [1.54, 1.807) is 36.4 Å². The van der Waals surface area contributed by atoms with Gasteiger partial charge in [0.2, 0.25) is 0 Å². The number of aryl methyl sites for hydroxylation is 1. The minimum Gasteiger partial charge on any atom is -0.495 e. The minimum absolute atomic E-state index is 0.0454. The van der Waals surface area contributed by atoms with Gasteiger partial charge in [-0.3, -0.25) is 4.79 Å². The molecule has 0 fully saturated rings. The van der Waals surface area contributed by atoms with Gasteiger partial charge in [-0.25, -0.2) is 4.79 Å². The van der Waals surface area contributed by atoms with Crippen LogP contribution in [-0.4, -0.2) is 23.0 Å². The van der Waals surface area contributed by atoms with Gasteiger partial charge in [0.15, 0.2) is 0 Å². The number of aromatic amines is 1. The van der Waals surface area contributed by atoms with Gasteiger partial charge in [0.1, 0.15) is 11.4 Å². The molecule has 0 saturated carbocycles. The van der Waals surface area contributed by atoms with Gasteiger partial charge in [0, 0.05) is 16.5 Å². The lowest BCUT2D eigenvalue weighted by atomic mass is 10.1. The predicted molar refractivity (Wildman–Crippen MR) is 93.1 cm³/mol. The van der Waals surface area contributed by atoms with E-state index < -0.39 is 11.6 Å². The summed E-state index contributed by atoms with van der Waals surface area (Å²) in [4.78, 5) is 30.7. The van der Waals surface area contributed by atoms with Crippen molar-refractivity contribution in [3.8, 4) is 5.75 Å². The number of nitrogens with zero attached hydrogens (tertiary/aromatic N) is 1. The van der Waals surface area contributed by atoms with Gasteiger partial charge in [-0.2, -0.15) is 4.98 Å². The minimum atomic E-state index is -0.585. The highest BCUT2D eigenvalue weighted by Gasteiger charge is 2.16. The Kier molecular flexibility index (Phi) is 4.22. The molecule has 0 bridgehead atoms. The number of hydrogen-bond acceptors (Lipinski definition) is 4. The molecular weight excluding hydrogens is 330 g/mol. The number of nitrogens with one attached hydrogen (secondary N) is 2. The molecule has 1 heterocycles. The van der Waals surface area contributed by atoms with Crippen LogP contribution in [0.15, 0.2) is 41.2 Å². The van der Waals surface area contributed by atoms with Gasteiger partial charge in [-0.1, -0.05) is 29.8 Å². The molecule has 3 aromatic rings. The number of aromatic nitrogens is 2. The number of carbonyl (C=O) groups excluding carboxylic acids is 1. The topological polar surface area (TPSA) is 84.1 Å². The summed E-state index contributed by atoms with van der Waals surface area (Å²) in [6, 6.07) is 10.3. The first-order valence-corrected chi connectivity index (χ1v) is 7.52. The number of para-hydroxylation sites is 1. The molecule has 122 valence electrons. The van der Waals surface area contributed by atoms with E-state index in [4.69, 9.17) is 16.3 Å². The van der Waals surface area contributed by atoms with Crippen LogP contribution in [0.3, 0.4) is 0 Å². The van der Waals surface area contributed by atoms with Crippen LogP contribution < -0.4 is 15.7 Å². The predicted octanol–water partition coefficient (Wildman–Crippen LogP) is 3.15. The normalized spacial score (nSPS) is 10.6. The zero-order valence-electron chi connectivity index (χ0n) is 13.0. The fraction of sp³-hybridized carbons (Fsp3) is 0.118. The van der Waals surface area contributed by atoms with E-state index in [9.17, 15) is 9.59 Å². The molecule has 2 aromatic carbocycles. The van der Waals surface area contributed by atoms with Crippen molar-refractivity contribution in [3.05, 3.63) is 63.2 Å². The van der Waals surface area contributed by atoms with Crippen molar-refractivity contribution in [3.63, 3.8) is 0 Å². The Balaban J connectivity index is 2.06. The largest absolute Gasteiger partial charge is 0.495 e. The third-order valence-corrected chi connectivity index (χ3v) is 3.99. The molecule has 3 rings (SSSR count). The Labute approximate surface area is 142 Å². The first-order chi connectivity index (χ1) is 11.5. The molecule has 2 N–H and O–H groups in total. The molecule has 1 amide bonds. The van der Waals surface area contributed by atoms with Crippen molar-refractivity contribution >= 4 is 34.1 Å². The Morgan fingerprint density at radius 2 is 2.04 bits per heavy atom. The average molecular weight is 344 g/mol. The van der Waals surface area contributed by atoms with E-state index in [2.05, 4.69) is 15.3 Å². The number of methoxy groups -OCH3 is 1. The van der Waals surface area contributed by atoms with E-state index in [0.29, 0.717) is 27.4 Å². The fourth-order valence-electron chi connectivity index (χ4n) is 2.39. The summed E-state index contributed by atoms with van der Waals surface area (Å²) in [6.45, 7) is 1.82. The third kappa shape index (κ3) is 2.96. The molecule has 0 aliphatic carbocycles. The molecule has 0 spiro atoms. The molecular formula is C17H14ClN3O3.